The van der Waals surface area contributed by atoms with Gasteiger partial charge in [-0.1, -0.05) is 41.6 Å². The van der Waals surface area contributed by atoms with E-state index in [9.17, 15) is 0 Å². The van der Waals surface area contributed by atoms with Crippen molar-refractivity contribution in [2.75, 3.05) is 6.79 Å². The molecule has 27 heavy (non-hydrogen) atoms. The summed E-state index contributed by atoms with van der Waals surface area (Å²) in [6.07, 6.45) is 1.88. The molecule has 2 aromatic heterocycles. The normalized spacial score (nSPS) is 13.5. The van der Waals surface area contributed by atoms with Gasteiger partial charge in [0, 0.05) is 39.0 Å². The molecule has 2 aromatic carbocycles. The van der Waals surface area contributed by atoms with Crippen molar-refractivity contribution in [3.63, 3.8) is 0 Å². The molecule has 1 N–H and O–H groups in total. The van der Waals surface area contributed by atoms with Gasteiger partial charge < -0.3 is 18.9 Å². The Balaban J connectivity index is 1.38. The van der Waals surface area contributed by atoms with E-state index in [2.05, 4.69) is 15.2 Å². The third-order valence-corrected chi connectivity index (χ3v) is 5.41. The van der Waals surface area contributed by atoms with Gasteiger partial charge in [0.1, 0.15) is 5.75 Å². The molecule has 0 fully saturated rings. The number of halogens is 1. The van der Waals surface area contributed by atoms with Crippen LogP contribution in [0.3, 0.4) is 0 Å². The number of rotatable bonds is 4. The average molecular weight is 400 g/mol. The molecule has 5 rings (SSSR count). The molecular weight excluding hydrogens is 386 g/mol. The zero-order chi connectivity index (χ0) is 18.2. The molecule has 0 aliphatic carbocycles. The molecule has 136 valence electrons. The van der Waals surface area contributed by atoms with Gasteiger partial charge in [0.2, 0.25) is 0 Å². The van der Waals surface area contributed by atoms with Gasteiger partial charge in [-0.2, -0.15) is 0 Å². The van der Waals surface area contributed by atoms with Crippen molar-refractivity contribution in [2.45, 2.75) is 17.6 Å². The SMILES string of the molecule is Clc1cc2c(c(CSc3nnc(-c4c[nH]c5ccccc45)o3)c1)OCOC2. The van der Waals surface area contributed by atoms with Crippen LogP contribution in [-0.2, 0) is 17.1 Å². The number of H-pyrrole nitrogens is 1. The Hall–Kier alpha value is -2.48. The summed E-state index contributed by atoms with van der Waals surface area (Å²) in [5, 5.41) is 10.6. The summed E-state index contributed by atoms with van der Waals surface area (Å²) < 4.78 is 16.8. The van der Waals surface area contributed by atoms with E-state index in [0.29, 0.717) is 28.5 Å². The number of para-hydroxylation sites is 1. The van der Waals surface area contributed by atoms with Crippen LogP contribution >= 0.6 is 23.4 Å². The van der Waals surface area contributed by atoms with E-state index < -0.39 is 0 Å². The first-order chi connectivity index (χ1) is 13.3. The van der Waals surface area contributed by atoms with Crippen LogP contribution in [0.5, 0.6) is 5.75 Å². The van der Waals surface area contributed by atoms with Crippen molar-refractivity contribution in [3.05, 3.63) is 58.7 Å². The first-order valence-electron chi connectivity index (χ1n) is 8.32. The standard InChI is InChI=1S/C19H14ClN3O3S/c20-13-5-11-8-24-10-25-17(11)12(6-13)9-27-19-23-22-18(26-19)15-7-21-16-4-2-1-3-14(15)16/h1-7,21H,8-10H2. The minimum absolute atomic E-state index is 0.248. The minimum atomic E-state index is 0.248. The number of hydrogen-bond donors (Lipinski definition) is 1. The molecule has 0 radical (unpaired) electrons. The van der Waals surface area contributed by atoms with E-state index in [0.717, 1.165) is 33.3 Å². The van der Waals surface area contributed by atoms with Gasteiger partial charge in [-0.05, 0) is 18.2 Å². The molecular formula is C19H14ClN3O3S. The molecule has 3 heterocycles. The molecule has 0 bridgehead atoms. The Morgan fingerprint density at radius 1 is 1.19 bits per heavy atom. The van der Waals surface area contributed by atoms with E-state index in [1.165, 1.54) is 11.8 Å². The van der Waals surface area contributed by atoms with Gasteiger partial charge in [0.05, 0.1) is 12.2 Å². The topological polar surface area (TPSA) is 73.2 Å². The van der Waals surface area contributed by atoms with Gasteiger partial charge in [-0.25, -0.2) is 0 Å². The second-order valence-electron chi connectivity index (χ2n) is 6.07. The van der Waals surface area contributed by atoms with Crippen molar-refractivity contribution in [3.8, 4) is 17.2 Å². The second kappa shape index (κ2) is 6.92. The van der Waals surface area contributed by atoms with Crippen LogP contribution in [0.2, 0.25) is 5.02 Å². The van der Waals surface area contributed by atoms with E-state index in [1.807, 2.05) is 42.6 Å². The maximum Gasteiger partial charge on any atom is 0.277 e. The highest BCUT2D eigenvalue weighted by atomic mass is 35.5. The van der Waals surface area contributed by atoms with Gasteiger partial charge in [0.25, 0.3) is 11.1 Å². The Kier molecular flexibility index (Phi) is 4.27. The highest BCUT2D eigenvalue weighted by Gasteiger charge is 2.18. The summed E-state index contributed by atoms with van der Waals surface area (Å²) in [6.45, 7) is 0.746. The molecule has 1 aliphatic rings. The number of nitrogens with zero attached hydrogens (tertiary/aromatic N) is 2. The van der Waals surface area contributed by atoms with Crippen molar-refractivity contribution < 1.29 is 13.9 Å². The number of fused-ring (bicyclic) bond motifs is 2. The van der Waals surface area contributed by atoms with E-state index in [1.54, 1.807) is 0 Å². The zero-order valence-corrected chi connectivity index (χ0v) is 15.6. The van der Waals surface area contributed by atoms with Gasteiger partial charge in [0.15, 0.2) is 6.79 Å². The summed E-state index contributed by atoms with van der Waals surface area (Å²) in [5.74, 6) is 1.93. The Labute approximate surface area is 163 Å². The van der Waals surface area contributed by atoms with Crippen LogP contribution in [0.4, 0.5) is 0 Å². The number of nitrogens with one attached hydrogen (secondary N) is 1. The molecule has 0 saturated carbocycles. The zero-order valence-electron chi connectivity index (χ0n) is 14.1. The smallest absolute Gasteiger partial charge is 0.277 e. The molecule has 1 aliphatic heterocycles. The fourth-order valence-electron chi connectivity index (χ4n) is 3.13. The van der Waals surface area contributed by atoms with Crippen LogP contribution in [0, 0.1) is 0 Å². The number of aromatic amines is 1. The molecule has 6 nitrogen and oxygen atoms in total. The summed E-state index contributed by atoms with van der Waals surface area (Å²) in [4.78, 5) is 3.22. The molecule has 0 saturated heterocycles. The van der Waals surface area contributed by atoms with Crippen molar-refractivity contribution in [2.24, 2.45) is 0 Å². The highest BCUT2D eigenvalue weighted by molar-refractivity contribution is 7.98. The maximum absolute atomic E-state index is 6.22. The van der Waals surface area contributed by atoms with E-state index in [-0.39, 0.29) is 6.79 Å². The molecule has 0 atom stereocenters. The quantitative estimate of drug-likeness (QED) is 0.485. The predicted octanol–water partition coefficient (Wildman–Crippen LogP) is 5.03. The lowest BCUT2D eigenvalue weighted by Gasteiger charge is -2.20. The van der Waals surface area contributed by atoms with Crippen LogP contribution in [0.1, 0.15) is 11.1 Å². The monoisotopic (exact) mass is 399 g/mol. The van der Waals surface area contributed by atoms with Gasteiger partial charge in [-0.3, -0.25) is 0 Å². The first-order valence-corrected chi connectivity index (χ1v) is 9.69. The van der Waals surface area contributed by atoms with E-state index in [4.69, 9.17) is 25.5 Å². The first kappa shape index (κ1) is 16.7. The lowest BCUT2D eigenvalue weighted by atomic mass is 10.1. The fourth-order valence-corrected chi connectivity index (χ4v) is 4.12. The van der Waals surface area contributed by atoms with Crippen LogP contribution < -0.4 is 4.74 Å². The molecule has 0 unspecified atom stereocenters. The summed E-state index contributed by atoms with van der Waals surface area (Å²) in [5.41, 5.74) is 3.86. The minimum Gasteiger partial charge on any atom is -0.467 e. The molecule has 0 amide bonds. The summed E-state index contributed by atoms with van der Waals surface area (Å²) in [7, 11) is 0. The number of ether oxygens (including phenoxy) is 2. The van der Waals surface area contributed by atoms with Crippen LogP contribution in [0.25, 0.3) is 22.4 Å². The number of benzene rings is 2. The van der Waals surface area contributed by atoms with Gasteiger partial charge in [-0.15, -0.1) is 10.2 Å². The predicted molar refractivity (Wildman–Crippen MR) is 103 cm³/mol. The lowest BCUT2D eigenvalue weighted by Crippen LogP contribution is -2.12. The van der Waals surface area contributed by atoms with Crippen molar-refractivity contribution in [1.29, 1.82) is 0 Å². The van der Waals surface area contributed by atoms with Crippen LogP contribution in [-0.4, -0.2) is 22.0 Å². The molecule has 8 heteroatoms. The third-order valence-electron chi connectivity index (χ3n) is 4.33. The largest absolute Gasteiger partial charge is 0.467 e. The maximum atomic E-state index is 6.22. The Bertz CT molecular complexity index is 1120. The number of thioether (sulfide) groups is 1. The van der Waals surface area contributed by atoms with Crippen molar-refractivity contribution in [1.82, 2.24) is 15.2 Å². The molecule has 4 aromatic rings. The van der Waals surface area contributed by atoms with Gasteiger partial charge >= 0.3 is 0 Å². The second-order valence-corrected chi connectivity index (χ2v) is 7.44. The van der Waals surface area contributed by atoms with Crippen molar-refractivity contribution >= 4 is 34.3 Å². The Morgan fingerprint density at radius 2 is 2.11 bits per heavy atom. The Morgan fingerprint density at radius 3 is 3.07 bits per heavy atom. The average Bonchev–Trinajstić information content (AvgIpc) is 3.32. The third kappa shape index (κ3) is 3.18. The lowest BCUT2D eigenvalue weighted by molar-refractivity contribution is -0.0168. The number of hydrogen-bond acceptors (Lipinski definition) is 6. The van der Waals surface area contributed by atoms with E-state index >= 15 is 0 Å². The fraction of sp³-hybridized carbons (Fsp3) is 0.158. The summed E-state index contributed by atoms with van der Waals surface area (Å²) in [6, 6.07) is 11.8. The van der Waals surface area contributed by atoms with Crippen LogP contribution in [0.15, 0.2) is 52.2 Å². The molecule has 0 spiro atoms. The number of aromatic nitrogens is 3. The summed E-state index contributed by atoms with van der Waals surface area (Å²) >= 11 is 7.66. The highest BCUT2D eigenvalue weighted by Crippen LogP contribution is 2.36.